The van der Waals surface area contributed by atoms with Crippen molar-refractivity contribution in [3.8, 4) is 5.75 Å². The predicted octanol–water partition coefficient (Wildman–Crippen LogP) is 2.31. The SMILES string of the molecule is Cc1c(NC(=O)COc2ccc(CN(C)S(C)(=O)=O)cc2)cccc1[N+](=O)[O-]. The van der Waals surface area contributed by atoms with Gasteiger partial charge in [0.1, 0.15) is 5.75 Å². The van der Waals surface area contributed by atoms with Gasteiger partial charge >= 0.3 is 0 Å². The van der Waals surface area contributed by atoms with Crippen molar-refractivity contribution in [1.82, 2.24) is 4.31 Å². The number of nitrogens with zero attached hydrogens (tertiary/aromatic N) is 2. The van der Waals surface area contributed by atoms with E-state index in [-0.39, 0.29) is 18.8 Å². The third kappa shape index (κ3) is 5.76. The molecule has 0 heterocycles. The van der Waals surface area contributed by atoms with E-state index in [1.54, 1.807) is 37.3 Å². The van der Waals surface area contributed by atoms with Crippen LogP contribution in [0.15, 0.2) is 42.5 Å². The number of ether oxygens (including phenoxy) is 1. The highest BCUT2D eigenvalue weighted by molar-refractivity contribution is 7.88. The van der Waals surface area contributed by atoms with Crippen molar-refractivity contribution in [3.63, 3.8) is 0 Å². The average molecular weight is 407 g/mol. The molecule has 0 radical (unpaired) electrons. The summed E-state index contributed by atoms with van der Waals surface area (Å²) in [6.07, 6.45) is 1.13. The molecule has 0 aromatic heterocycles. The van der Waals surface area contributed by atoms with Gasteiger partial charge in [-0.1, -0.05) is 18.2 Å². The highest BCUT2D eigenvalue weighted by atomic mass is 32.2. The number of amides is 1. The van der Waals surface area contributed by atoms with Crippen LogP contribution in [0.4, 0.5) is 11.4 Å². The number of carbonyl (C=O) groups is 1. The number of sulfonamides is 1. The smallest absolute Gasteiger partial charge is 0.274 e. The monoisotopic (exact) mass is 407 g/mol. The van der Waals surface area contributed by atoms with Gasteiger partial charge in [-0.05, 0) is 30.7 Å². The minimum absolute atomic E-state index is 0.0756. The van der Waals surface area contributed by atoms with E-state index in [2.05, 4.69) is 5.32 Å². The summed E-state index contributed by atoms with van der Waals surface area (Å²) in [6, 6.07) is 11.1. The molecule has 10 heteroatoms. The predicted molar refractivity (Wildman–Crippen MR) is 105 cm³/mol. The Balaban J connectivity index is 1.93. The Morgan fingerprint density at radius 2 is 1.86 bits per heavy atom. The van der Waals surface area contributed by atoms with Crippen molar-refractivity contribution in [1.29, 1.82) is 0 Å². The largest absolute Gasteiger partial charge is 0.484 e. The topological polar surface area (TPSA) is 119 Å². The zero-order chi connectivity index (χ0) is 20.9. The molecular weight excluding hydrogens is 386 g/mol. The van der Waals surface area contributed by atoms with Gasteiger partial charge in [0.25, 0.3) is 11.6 Å². The summed E-state index contributed by atoms with van der Waals surface area (Å²) >= 11 is 0. The summed E-state index contributed by atoms with van der Waals surface area (Å²) < 4.78 is 29.5. The molecule has 150 valence electrons. The van der Waals surface area contributed by atoms with Crippen LogP contribution in [0.2, 0.25) is 0 Å². The lowest BCUT2D eigenvalue weighted by Crippen LogP contribution is -2.24. The van der Waals surface area contributed by atoms with Gasteiger partial charge in [0.2, 0.25) is 10.0 Å². The Kier molecular flexibility index (Phi) is 6.71. The first-order valence-corrected chi connectivity index (χ1v) is 10.1. The van der Waals surface area contributed by atoms with Gasteiger partial charge in [-0.2, -0.15) is 0 Å². The summed E-state index contributed by atoms with van der Waals surface area (Å²) in [5.41, 5.74) is 1.41. The molecule has 2 aromatic rings. The summed E-state index contributed by atoms with van der Waals surface area (Å²) in [7, 11) is -1.78. The molecule has 0 atom stereocenters. The van der Waals surface area contributed by atoms with Crippen molar-refractivity contribution in [2.24, 2.45) is 0 Å². The van der Waals surface area contributed by atoms with Crippen LogP contribution in [0.5, 0.6) is 5.75 Å². The Bertz CT molecular complexity index is 973. The second-order valence-corrected chi connectivity index (χ2v) is 8.30. The van der Waals surface area contributed by atoms with Crippen molar-refractivity contribution < 1.29 is 22.9 Å². The van der Waals surface area contributed by atoms with E-state index in [0.717, 1.165) is 11.8 Å². The average Bonchev–Trinajstić information content (AvgIpc) is 2.62. The molecule has 28 heavy (non-hydrogen) atoms. The third-order valence-electron chi connectivity index (χ3n) is 4.04. The van der Waals surface area contributed by atoms with Gasteiger partial charge in [0.05, 0.1) is 22.4 Å². The van der Waals surface area contributed by atoms with Crippen LogP contribution >= 0.6 is 0 Å². The molecule has 1 N–H and O–H groups in total. The fraction of sp³-hybridized carbons (Fsp3) is 0.278. The second kappa shape index (κ2) is 8.81. The van der Waals surface area contributed by atoms with Gasteiger partial charge < -0.3 is 10.1 Å². The molecule has 0 spiro atoms. The fourth-order valence-corrected chi connectivity index (χ4v) is 2.74. The molecule has 1 amide bonds. The van der Waals surface area contributed by atoms with Crippen LogP contribution in [-0.4, -0.2) is 43.5 Å². The van der Waals surface area contributed by atoms with Gasteiger partial charge in [0.15, 0.2) is 6.61 Å². The van der Waals surface area contributed by atoms with Crippen LogP contribution in [-0.2, 0) is 21.4 Å². The van der Waals surface area contributed by atoms with E-state index in [4.69, 9.17) is 4.74 Å². The highest BCUT2D eigenvalue weighted by Gasteiger charge is 2.15. The second-order valence-electron chi connectivity index (χ2n) is 6.21. The van der Waals surface area contributed by atoms with Crippen LogP contribution < -0.4 is 10.1 Å². The molecule has 0 aliphatic rings. The first-order valence-electron chi connectivity index (χ1n) is 8.25. The molecule has 2 rings (SSSR count). The number of hydrogen-bond donors (Lipinski definition) is 1. The Hall–Kier alpha value is -2.98. The van der Waals surface area contributed by atoms with Gasteiger partial charge in [-0.15, -0.1) is 0 Å². The van der Waals surface area contributed by atoms with Crippen molar-refractivity contribution >= 4 is 27.3 Å². The molecule has 0 saturated carbocycles. The quantitative estimate of drug-likeness (QED) is 0.530. The Labute approximate surface area is 163 Å². The minimum Gasteiger partial charge on any atom is -0.484 e. The van der Waals surface area contributed by atoms with E-state index in [1.807, 2.05) is 0 Å². The van der Waals surface area contributed by atoms with E-state index in [1.165, 1.54) is 23.5 Å². The maximum Gasteiger partial charge on any atom is 0.274 e. The molecule has 0 aliphatic heterocycles. The van der Waals surface area contributed by atoms with Crippen molar-refractivity contribution in [2.45, 2.75) is 13.5 Å². The minimum atomic E-state index is -3.27. The summed E-state index contributed by atoms with van der Waals surface area (Å²) in [5.74, 6) is -0.0128. The van der Waals surface area contributed by atoms with Gasteiger partial charge in [-0.3, -0.25) is 14.9 Å². The maximum atomic E-state index is 12.1. The third-order valence-corrected chi connectivity index (χ3v) is 5.30. The number of benzene rings is 2. The lowest BCUT2D eigenvalue weighted by Gasteiger charge is -2.14. The van der Waals surface area contributed by atoms with E-state index >= 15 is 0 Å². The Morgan fingerprint density at radius 3 is 2.43 bits per heavy atom. The maximum absolute atomic E-state index is 12.1. The first-order chi connectivity index (χ1) is 13.1. The fourth-order valence-electron chi connectivity index (χ4n) is 2.36. The van der Waals surface area contributed by atoms with Crippen molar-refractivity contribution in [2.75, 3.05) is 25.2 Å². The highest BCUT2D eigenvalue weighted by Crippen LogP contribution is 2.25. The first kappa shape index (κ1) is 21.3. The van der Waals surface area contributed by atoms with E-state index in [9.17, 15) is 23.3 Å². The lowest BCUT2D eigenvalue weighted by atomic mass is 10.1. The lowest BCUT2D eigenvalue weighted by molar-refractivity contribution is -0.385. The molecule has 0 unspecified atom stereocenters. The molecule has 0 saturated heterocycles. The van der Waals surface area contributed by atoms with Crippen LogP contribution in [0.3, 0.4) is 0 Å². The number of anilines is 1. The van der Waals surface area contributed by atoms with Crippen LogP contribution in [0.1, 0.15) is 11.1 Å². The summed E-state index contributed by atoms with van der Waals surface area (Å²) in [4.78, 5) is 22.5. The van der Waals surface area contributed by atoms with Crippen molar-refractivity contribution in [3.05, 3.63) is 63.7 Å². The molecular formula is C18H21N3O6S. The number of hydrogen-bond acceptors (Lipinski definition) is 6. The summed E-state index contributed by atoms with van der Waals surface area (Å²) in [6.45, 7) is 1.51. The number of nitrogens with one attached hydrogen (secondary N) is 1. The van der Waals surface area contributed by atoms with E-state index < -0.39 is 20.9 Å². The zero-order valence-electron chi connectivity index (χ0n) is 15.7. The Morgan fingerprint density at radius 1 is 1.21 bits per heavy atom. The van der Waals surface area contributed by atoms with Crippen LogP contribution in [0.25, 0.3) is 0 Å². The molecule has 0 fully saturated rings. The van der Waals surface area contributed by atoms with Gasteiger partial charge in [0, 0.05) is 19.7 Å². The standard InChI is InChI=1S/C18H21N3O6S/c1-13-16(5-4-6-17(13)21(23)24)19-18(22)12-27-15-9-7-14(8-10-15)11-20(2)28(3,25)26/h4-10H,11-12H2,1-3H3,(H,19,22). The van der Waals surface area contributed by atoms with Crippen LogP contribution in [0, 0.1) is 17.0 Å². The molecule has 2 aromatic carbocycles. The number of rotatable bonds is 8. The van der Waals surface area contributed by atoms with E-state index in [0.29, 0.717) is 17.0 Å². The molecule has 0 aliphatic carbocycles. The number of nitro groups is 1. The summed E-state index contributed by atoms with van der Waals surface area (Å²) in [5, 5.41) is 13.5. The molecule has 0 bridgehead atoms. The molecule has 9 nitrogen and oxygen atoms in total. The normalized spacial score (nSPS) is 11.3. The van der Waals surface area contributed by atoms with Gasteiger partial charge in [-0.25, -0.2) is 12.7 Å². The number of carbonyl (C=O) groups excluding carboxylic acids is 1. The number of nitro benzene ring substituents is 1. The zero-order valence-corrected chi connectivity index (χ0v) is 16.5.